The van der Waals surface area contributed by atoms with E-state index >= 15 is 0 Å². The van der Waals surface area contributed by atoms with Crippen LogP contribution in [0.4, 0.5) is 0 Å². The Balaban J connectivity index is 1.63. The summed E-state index contributed by atoms with van der Waals surface area (Å²) < 4.78 is 21.2. The topological polar surface area (TPSA) is 114 Å². The van der Waals surface area contributed by atoms with Gasteiger partial charge in [0.15, 0.2) is 0 Å². The zero-order valence-electron chi connectivity index (χ0n) is 25.9. The van der Waals surface area contributed by atoms with Crippen LogP contribution >= 0.6 is 0 Å². The molecule has 0 aliphatic rings. The molecule has 46 heavy (non-hydrogen) atoms. The van der Waals surface area contributed by atoms with Gasteiger partial charge in [-0.25, -0.2) is 29.9 Å². The number of hydrogen-bond donors (Lipinski definition) is 0. The number of ether oxygens (including phenoxy) is 4. The summed E-state index contributed by atoms with van der Waals surface area (Å²) in [5.41, 5.74) is 6.23. The van der Waals surface area contributed by atoms with Gasteiger partial charge < -0.3 is 18.9 Å². The van der Waals surface area contributed by atoms with Crippen molar-refractivity contribution in [2.45, 2.75) is 0 Å². The molecule has 0 unspecified atom stereocenters. The summed E-state index contributed by atoms with van der Waals surface area (Å²) in [7, 11) is 6.35. The van der Waals surface area contributed by atoms with E-state index < -0.39 is 0 Å². The first-order valence-corrected chi connectivity index (χ1v) is 14.2. The van der Waals surface area contributed by atoms with E-state index in [0.29, 0.717) is 46.3 Å². The average molecular weight is 613 g/mol. The Kier molecular flexibility index (Phi) is 10.6. The molecule has 10 heteroatoms. The average Bonchev–Trinajstić information content (AvgIpc) is 3.12. The zero-order valence-corrected chi connectivity index (χ0v) is 25.9. The number of hydrogen-bond acceptors (Lipinski definition) is 10. The summed E-state index contributed by atoms with van der Waals surface area (Å²) in [4.78, 5) is 27.0. The van der Waals surface area contributed by atoms with Gasteiger partial charge in [-0.15, -0.1) is 0 Å². The summed E-state index contributed by atoms with van der Waals surface area (Å²) in [5.74, 6) is 2.07. The maximum Gasteiger partial charge on any atom is 0.213 e. The van der Waals surface area contributed by atoms with Crippen molar-refractivity contribution in [3.63, 3.8) is 0 Å². The van der Waals surface area contributed by atoms with Crippen LogP contribution in [0, 0.1) is 0 Å². The number of nitrogens with zero attached hydrogens (tertiary/aromatic N) is 6. The van der Waals surface area contributed by atoms with Gasteiger partial charge in [0.05, 0.1) is 51.2 Å². The van der Waals surface area contributed by atoms with Crippen molar-refractivity contribution in [1.29, 1.82) is 0 Å². The molecule has 0 aliphatic carbocycles. The lowest BCUT2D eigenvalue weighted by Crippen LogP contribution is -2.00. The first-order chi connectivity index (χ1) is 22.6. The summed E-state index contributed by atoms with van der Waals surface area (Å²) in [6, 6.07) is 15.0. The van der Waals surface area contributed by atoms with E-state index in [2.05, 4.69) is 19.9 Å². The number of aromatic nitrogens is 6. The maximum absolute atomic E-state index is 5.30. The fourth-order valence-electron chi connectivity index (χ4n) is 4.24. The van der Waals surface area contributed by atoms with Crippen LogP contribution in [0.25, 0.3) is 48.6 Å². The lowest BCUT2D eigenvalue weighted by molar-refractivity contribution is 0.397. The summed E-state index contributed by atoms with van der Waals surface area (Å²) in [6.07, 6.45) is 22.2. The van der Waals surface area contributed by atoms with E-state index in [1.807, 2.05) is 97.1 Å². The van der Waals surface area contributed by atoms with Crippen LogP contribution in [0.15, 0.2) is 73.3 Å². The highest BCUT2D eigenvalue weighted by Gasteiger charge is 2.09. The molecule has 10 nitrogen and oxygen atoms in total. The molecule has 5 rings (SSSR count). The fourth-order valence-corrected chi connectivity index (χ4v) is 4.24. The molecule has 0 radical (unpaired) electrons. The number of methoxy groups -OCH3 is 4. The van der Waals surface area contributed by atoms with Crippen molar-refractivity contribution in [2.75, 3.05) is 28.4 Å². The molecular formula is C36H32N6O4. The van der Waals surface area contributed by atoms with Crippen LogP contribution in [0.1, 0.15) is 45.0 Å². The van der Waals surface area contributed by atoms with Crippen LogP contribution in [0.5, 0.6) is 23.5 Å². The van der Waals surface area contributed by atoms with Gasteiger partial charge in [-0.05, 0) is 70.8 Å². The largest absolute Gasteiger partial charge is 0.481 e. The Hall–Kier alpha value is -6.16. The highest BCUT2D eigenvalue weighted by atomic mass is 16.5. The van der Waals surface area contributed by atoms with Crippen LogP contribution < -0.4 is 18.9 Å². The smallest absolute Gasteiger partial charge is 0.213 e. The van der Waals surface area contributed by atoms with Crippen molar-refractivity contribution in [3.05, 3.63) is 118 Å². The quantitative estimate of drug-likeness (QED) is 0.149. The van der Waals surface area contributed by atoms with Crippen molar-refractivity contribution in [3.8, 4) is 23.5 Å². The van der Waals surface area contributed by atoms with E-state index in [-0.39, 0.29) is 0 Å². The zero-order chi connectivity index (χ0) is 32.1. The Labute approximate surface area is 267 Å². The van der Waals surface area contributed by atoms with Gasteiger partial charge in [-0.2, -0.15) is 0 Å². The van der Waals surface area contributed by atoms with E-state index in [1.165, 1.54) is 0 Å². The molecule has 0 N–H and O–H groups in total. The molecular weight excluding hydrogens is 580 g/mol. The second kappa shape index (κ2) is 15.5. The molecule has 5 heterocycles. The molecule has 0 bridgehead atoms. The third-order valence-electron chi connectivity index (χ3n) is 6.61. The maximum atomic E-state index is 5.30. The number of rotatable bonds is 12. The van der Waals surface area contributed by atoms with Crippen LogP contribution in [-0.4, -0.2) is 58.3 Å². The van der Waals surface area contributed by atoms with Gasteiger partial charge >= 0.3 is 0 Å². The van der Waals surface area contributed by atoms with Crippen LogP contribution in [-0.2, 0) is 0 Å². The molecule has 5 aromatic rings. The van der Waals surface area contributed by atoms with Gasteiger partial charge in [0, 0.05) is 49.1 Å². The molecule has 0 atom stereocenters. The Morgan fingerprint density at radius 3 is 0.826 bits per heavy atom. The predicted octanol–water partition coefficient (Wildman–Crippen LogP) is 6.77. The Morgan fingerprint density at radius 2 is 0.609 bits per heavy atom. The minimum atomic E-state index is 0.518. The van der Waals surface area contributed by atoms with Crippen molar-refractivity contribution in [2.24, 2.45) is 0 Å². The lowest BCUT2D eigenvalue weighted by atomic mass is 10.1. The van der Waals surface area contributed by atoms with Crippen molar-refractivity contribution in [1.82, 2.24) is 29.9 Å². The van der Waals surface area contributed by atoms with Gasteiger partial charge in [0.25, 0.3) is 0 Å². The summed E-state index contributed by atoms with van der Waals surface area (Å²) >= 11 is 0. The van der Waals surface area contributed by atoms with Crippen LogP contribution in [0.3, 0.4) is 0 Å². The molecule has 0 fully saturated rings. The van der Waals surface area contributed by atoms with Gasteiger partial charge in [0.1, 0.15) is 0 Å². The second-order valence-electron chi connectivity index (χ2n) is 9.62. The van der Waals surface area contributed by atoms with Crippen molar-refractivity contribution < 1.29 is 18.9 Å². The highest BCUT2D eigenvalue weighted by molar-refractivity contribution is 5.81. The Morgan fingerprint density at radius 1 is 0.370 bits per heavy atom. The third kappa shape index (κ3) is 8.48. The van der Waals surface area contributed by atoms with E-state index in [1.54, 1.807) is 53.2 Å². The minimum absolute atomic E-state index is 0.518. The van der Waals surface area contributed by atoms with Gasteiger partial charge in [-0.1, -0.05) is 24.3 Å². The number of pyridine rings is 4. The van der Waals surface area contributed by atoms with E-state index in [0.717, 1.165) is 22.3 Å². The molecule has 0 saturated carbocycles. The van der Waals surface area contributed by atoms with Gasteiger partial charge in [0.2, 0.25) is 23.5 Å². The lowest BCUT2D eigenvalue weighted by Gasteiger charge is -2.08. The van der Waals surface area contributed by atoms with E-state index in [9.17, 15) is 0 Å². The normalized spacial score (nSPS) is 11.6. The molecule has 0 aliphatic heterocycles. The van der Waals surface area contributed by atoms with E-state index in [4.69, 9.17) is 28.9 Å². The summed E-state index contributed by atoms with van der Waals surface area (Å²) in [5, 5.41) is 0. The molecule has 0 spiro atoms. The minimum Gasteiger partial charge on any atom is -0.481 e. The highest BCUT2D eigenvalue weighted by Crippen LogP contribution is 2.22. The molecule has 0 aromatic carbocycles. The molecule has 0 saturated heterocycles. The van der Waals surface area contributed by atoms with Crippen molar-refractivity contribution >= 4 is 48.6 Å². The summed E-state index contributed by atoms with van der Waals surface area (Å²) in [6.45, 7) is 0. The molecule has 5 aromatic heterocycles. The molecule has 230 valence electrons. The second-order valence-corrected chi connectivity index (χ2v) is 9.62. The SMILES string of the molecule is COc1cc(C=Cc2nc(C=Cc3ccnc(OC)c3)c(C=Cc3ccnc(OC)c3)nc2C=Cc2ccnc(OC)c2)ccn1. The standard InChI is InChI=1S/C36H32N6O4/c1-43-33-21-25(13-17-37-33)5-9-29-30(10-6-26-14-18-38-34(22-26)44-2)42-32(12-8-28-16-20-40-36(24-28)46-4)31(41-29)11-7-27-15-19-39-35(23-27)45-3/h5-24H,1-4H3. The monoisotopic (exact) mass is 612 g/mol. The fraction of sp³-hybridized carbons (Fsp3) is 0.111. The van der Waals surface area contributed by atoms with Crippen LogP contribution in [0.2, 0.25) is 0 Å². The molecule has 0 amide bonds. The van der Waals surface area contributed by atoms with Gasteiger partial charge in [-0.3, -0.25) is 0 Å². The third-order valence-corrected chi connectivity index (χ3v) is 6.61. The first-order valence-electron chi connectivity index (χ1n) is 14.2. The first kappa shape index (κ1) is 31.3. The Bertz CT molecular complexity index is 1650. The predicted molar refractivity (Wildman–Crippen MR) is 181 cm³/mol.